The Morgan fingerprint density at radius 3 is 2.35 bits per heavy atom. The summed E-state index contributed by atoms with van der Waals surface area (Å²) in [5.74, 6) is 0.123. The number of hydrogen-bond donors (Lipinski definition) is 4. The largest absolute Gasteiger partial charge is 0.508 e. The third-order valence-corrected chi connectivity index (χ3v) is 2.83. The van der Waals surface area contributed by atoms with Crippen LogP contribution < -0.4 is 16.6 Å². The van der Waals surface area contributed by atoms with Crippen LogP contribution in [0.3, 0.4) is 0 Å². The highest BCUT2D eigenvalue weighted by Gasteiger charge is 2.02. The number of rotatable bonds is 5. The molecule has 0 bridgehead atoms. The number of nitrogens with two attached hydrogens (primary N) is 1. The summed E-state index contributed by atoms with van der Waals surface area (Å²) in [6.45, 7) is 0. The van der Waals surface area contributed by atoms with Crippen LogP contribution in [0, 0.1) is 0 Å². The van der Waals surface area contributed by atoms with E-state index in [2.05, 4.69) is 10.9 Å². The molecule has 104 valence electrons. The zero-order valence-corrected chi connectivity index (χ0v) is 11.0. The summed E-state index contributed by atoms with van der Waals surface area (Å²) in [6.07, 6.45) is 0.988. The highest BCUT2D eigenvalue weighted by Crippen LogP contribution is 2.11. The van der Waals surface area contributed by atoms with E-state index < -0.39 is 0 Å². The maximum atomic E-state index is 11.7. The van der Waals surface area contributed by atoms with Crippen molar-refractivity contribution in [3.05, 3.63) is 54.1 Å². The van der Waals surface area contributed by atoms with Crippen LogP contribution in [0.25, 0.3) is 0 Å². The summed E-state index contributed by atoms with van der Waals surface area (Å²) in [5.41, 5.74) is 13.5. The molecule has 0 fully saturated rings. The molecular formula is C15H17N3O2. The van der Waals surface area contributed by atoms with Crippen molar-refractivity contribution in [3.8, 4) is 5.75 Å². The molecule has 0 heterocycles. The minimum atomic E-state index is -0.102. The molecule has 5 N–H and O–H groups in total. The Bertz CT molecular complexity index is 513. The van der Waals surface area contributed by atoms with Crippen molar-refractivity contribution in [2.75, 3.05) is 11.2 Å². The van der Waals surface area contributed by atoms with Gasteiger partial charge < -0.3 is 10.8 Å². The van der Waals surface area contributed by atoms with Gasteiger partial charge in [0.25, 0.3) is 0 Å². The predicted molar refractivity (Wildman–Crippen MR) is 79.0 cm³/mol. The fourth-order valence-electron chi connectivity index (χ4n) is 1.69. The lowest BCUT2D eigenvalue weighted by Gasteiger charge is -2.08. The quantitative estimate of drug-likeness (QED) is 0.495. The van der Waals surface area contributed by atoms with E-state index in [1.807, 2.05) is 0 Å². The zero-order valence-electron chi connectivity index (χ0n) is 11.0. The van der Waals surface area contributed by atoms with Crippen LogP contribution >= 0.6 is 0 Å². The fraction of sp³-hybridized carbons (Fsp3) is 0.133. The number of anilines is 2. The van der Waals surface area contributed by atoms with Crippen molar-refractivity contribution >= 4 is 17.3 Å². The Hall–Kier alpha value is -2.69. The van der Waals surface area contributed by atoms with Gasteiger partial charge in [-0.25, -0.2) is 0 Å². The molecule has 0 aliphatic rings. The number of phenolic OH excluding ortho intramolecular Hbond substituents is 1. The van der Waals surface area contributed by atoms with Gasteiger partial charge in [-0.15, -0.1) is 0 Å². The molecule has 0 atom stereocenters. The molecular weight excluding hydrogens is 254 g/mol. The van der Waals surface area contributed by atoms with Gasteiger partial charge in [0.1, 0.15) is 5.75 Å². The number of aromatic hydroxyl groups is 1. The van der Waals surface area contributed by atoms with E-state index in [1.165, 1.54) is 0 Å². The van der Waals surface area contributed by atoms with Crippen LogP contribution in [0.15, 0.2) is 48.5 Å². The summed E-state index contributed by atoms with van der Waals surface area (Å²) in [5, 5.41) is 9.17. The van der Waals surface area contributed by atoms with Crippen LogP contribution in [0.2, 0.25) is 0 Å². The Balaban J connectivity index is 1.75. The van der Waals surface area contributed by atoms with E-state index in [0.717, 1.165) is 11.3 Å². The molecule has 2 rings (SSSR count). The van der Waals surface area contributed by atoms with Crippen LogP contribution in [0.5, 0.6) is 5.75 Å². The van der Waals surface area contributed by atoms with E-state index in [9.17, 15) is 4.79 Å². The molecule has 0 saturated heterocycles. The van der Waals surface area contributed by atoms with Crippen molar-refractivity contribution in [1.82, 2.24) is 5.43 Å². The second-order valence-electron chi connectivity index (χ2n) is 4.46. The van der Waals surface area contributed by atoms with Gasteiger partial charge in [-0.1, -0.05) is 12.1 Å². The molecule has 5 nitrogen and oxygen atoms in total. The molecule has 0 aliphatic carbocycles. The zero-order chi connectivity index (χ0) is 14.4. The molecule has 5 heteroatoms. The van der Waals surface area contributed by atoms with Crippen molar-refractivity contribution < 1.29 is 9.90 Å². The number of hydrogen-bond acceptors (Lipinski definition) is 4. The fourth-order valence-corrected chi connectivity index (χ4v) is 1.69. The Morgan fingerprint density at radius 2 is 1.70 bits per heavy atom. The summed E-state index contributed by atoms with van der Waals surface area (Å²) in [6, 6.07) is 13.9. The van der Waals surface area contributed by atoms with Crippen LogP contribution in [-0.4, -0.2) is 11.0 Å². The smallest absolute Gasteiger partial charge is 0.238 e. The minimum Gasteiger partial charge on any atom is -0.508 e. The first-order valence-electron chi connectivity index (χ1n) is 6.32. The summed E-state index contributed by atoms with van der Waals surface area (Å²) < 4.78 is 0. The molecule has 0 saturated carbocycles. The molecule has 0 radical (unpaired) electrons. The Labute approximate surface area is 117 Å². The van der Waals surface area contributed by atoms with E-state index in [4.69, 9.17) is 10.8 Å². The van der Waals surface area contributed by atoms with Crippen molar-refractivity contribution in [1.29, 1.82) is 0 Å². The van der Waals surface area contributed by atoms with Gasteiger partial charge in [-0.05, 0) is 48.4 Å². The van der Waals surface area contributed by atoms with Crippen molar-refractivity contribution in [2.24, 2.45) is 0 Å². The van der Waals surface area contributed by atoms with Gasteiger partial charge in [0.05, 0.1) is 5.69 Å². The Kier molecular flexibility index (Phi) is 4.44. The van der Waals surface area contributed by atoms with Crippen LogP contribution in [0.1, 0.15) is 12.0 Å². The molecule has 2 aromatic rings. The average Bonchev–Trinajstić information content (AvgIpc) is 2.46. The number of hydrazine groups is 1. The molecule has 0 spiro atoms. The van der Waals surface area contributed by atoms with Gasteiger partial charge in [0.2, 0.25) is 5.91 Å². The lowest BCUT2D eigenvalue weighted by atomic mass is 10.1. The van der Waals surface area contributed by atoms with Crippen LogP contribution in [-0.2, 0) is 11.2 Å². The number of phenols is 1. The van der Waals surface area contributed by atoms with E-state index >= 15 is 0 Å². The molecule has 0 aromatic heterocycles. The van der Waals surface area contributed by atoms with E-state index in [0.29, 0.717) is 18.5 Å². The average molecular weight is 271 g/mol. The van der Waals surface area contributed by atoms with Gasteiger partial charge in [-0.2, -0.15) is 0 Å². The normalized spacial score (nSPS) is 10.0. The number of carbonyl (C=O) groups excluding carboxylic acids is 1. The van der Waals surface area contributed by atoms with E-state index in [1.54, 1.807) is 48.5 Å². The number of aryl methyl sites for hydroxylation is 1. The molecule has 0 unspecified atom stereocenters. The second-order valence-corrected chi connectivity index (χ2v) is 4.46. The minimum absolute atomic E-state index is 0.102. The highest BCUT2D eigenvalue weighted by molar-refractivity contribution is 5.77. The lowest BCUT2D eigenvalue weighted by molar-refractivity contribution is -0.120. The number of amides is 1. The molecule has 0 aliphatic heterocycles. The van der Waals surface area contributed by atoms with Gasteiger partial charge in [-0.3, -0.25) is 15.6 Å². The van der Waals surface area contributed by atoms with Gasteiger partial charge in [0, 0.05) is 12.1 Å². The monoisotopic (exact) mass is 271 g/mol. The molecule has 2 aromatic carbocycles. The summed E-state index contributed by atoms with van der Waals surface area (Å²) in [4.78, 5) is 11.7. The number of nitrogen functional groups attached to an aromatic ring is 1. The lowest BCUT2D eigenvalue weighted by Crippen LogP contribution is -2.29. The van der Waals surface area contributed by atoms with Crippen molar-refractivity contribution in [2.45, 2.75) is 12.8 Å². The summed E-state index contributed by atoms with van der Waals surface area (Å²) >= 11 is 0. The van der Waals surface area contributed by atoms with Crippen LogP contribution in [0.4, 0.5) is 11.4 Å². The number of benzene rings is 2. The van der Waals surface area contributed by atoms with Gasteiger partial charge >= 0.3 is 0 Å². The Morgan fingerprint density at radius 1 is 1.05 bits per heavy atom. The first-order chi connectivity index (χ1) is 9.63. The molecule has 1 amide bonds. The molecule has 20 heavy (non-hydrogen) atoms. The van der Waals surface area contributed by atoms with E-state index in [-0.39, 0.29) is 11.7 Å². The highest BCUT2D eigenvalue weighted by atomic mass is 16.3. The third kappa shape index (κ3) is 4.20. The second kappa shape index (κ2) is 6.47. The first kappa shape index (κ1) is 13.7. The number of nitrogens with one attached hydrogen (secondary N) is 2. The third-order valence-electron chi connectivity index (χ3n) is 2.83. The first-order valence-corrected chi connectivity index (χ1v) is 6.32. The maximum Gasteiger partial charge on any atom is 0.238 e. The standard InChI is InChI=1S/C15H17N3O2/c16-12-4-6-13(7-5-12)17-18-15(20)10-3-11-1-8-14(19)9-2-11/h1-2,4-9,17,19H,3,10,16H2,(H,18,20). The van der Waals surface area contributed by atoms with Gasteiger partial charge in [0.15, 0.2) is 0 Å². The SMILES string of the molecule is Nc1ccc(NNC(=O)CCc2ccc(O)cc2)cc1. The maximum absolute atomic E-state index is 11.7. The summed E-state index contributed by atoms with van der Waals surface area (Å²) in [7, 11) is 0. The number of carbonyl (C=O) groups is 1. The topological polar surface area (TPSA) is 87.4 Å². The predicted octanol–water partition coefficient (Wildman–Crippen LogP) is 2.05. The van der Waals surface area contributed by atoms with Crippen molar-refractivity contribution in [3.63, 3.8) is 0 Å².